The van der Waals surface area contributed by atoms with Gasteiger partial charge >= 0.3 is 0 Å². The Morgan fingerprint density at radius 1 is 0.912 bits per heavy atom. The zero-order valence-corrected chi connectivity index (χ0v) is 19.3. The second-order valence-electron chi connectivity index (χ2n) is 8.37. The number of hydrogen-bond acceptors (Lipinski definition) is 5. The van der Waals surface area contributed by atoms with E-state index in [9.17, 15) is 9.59 Å². The summed E-state index contributed by atoms with van der Waals surface area (Å²) in [6.45, 7) is 4.87. The standard InChI is InChI=1S/C27H24ClN3O3/c28-20-6-11-25-23(16-20)24(32)17-26(34-25)27(33)29-21-7-9-22(10-8-21)31-14-12-30(13-15-31)18-19-4-2-1-3-5-19/h1-11,16-17H,12-15,18H2,(H,29,33). The Balaban J connectivity index is 1.20. The Hall–Kier alpha value is -3.61. The summed E-state index contributed by atoms with van der Waals surface area (Å²) in [6, 6.07) is 24.2. The third kappa shape index (κ3) is 4.98. The highest BCUT2D eigenvalue weighted by atomic mass is 35.5. The maximum atomic E-state index is 12.7. The molecular formula is C27H24ClN3O3. The van der Waals surface area contributed by atoms with Gasteiger partial charge in [-0.25, -0.2) is 0 Å². The predicted molar refractivity (Wildman–Crippen MR) is 136 cm³/mol. The summed E-state index contributed by atoms with van der Waals surface area (Å²) < 4.78 is 5.62. The van der Waals surface area contributed by atoms with Crippen molar-refractivity contribution in [3.05, 3.63) is 105 Å². The molecule has 2 heterocycles. The van der Waals surface area contributed by atoms with Crippen LogP contribution >= 0.6 is 11.6 Å². The highest BCUT2D eigenvalue weighted by Gasteiger charge is 2.18. The van der Waals surface area contributed by atoms with E-state index in [-0.39, 0.29) is 11.2 Å². The first-order valence-corrected chi connectivity index (χ1v) is 11.6. The van der Waals surface area contributed by atoms with Crippen molar-refractivity contribution in [2.75, 3.05) is 36.4 Å². The number of carbonyl (C=O) groups is 1. The Bertz CT molecular complexity index is 1360. The molecule has 0 spiro atoms. The van der Waals surface area contributed by atoms with Crippen LogP contribution < -0.4 is 15.6 Å². The number of benzene rings is 3. The van der Waals surface area contributed by atoms with Gasteiger partial charge in [-0.15, -0.1) is 0 Å². The molecule has 4 aromatic rings. The van der Waals surface area contributed by atoms with Crippen LogP contribution in [0.5, 0.6) is 0 Å². The summed E-state index contributed by atoms with van der Waals surface area (Å²) in [5, 5.41) is 3.59. The normalized spacial score (nSPS) is 14.3. The Kier molecular flexibility index (Phi) is 6.34. The van der Waals surface area contributed by atoms with Gasteiger partial charge in [0.15, 0.2) is 11.2 Å². The molecule has 1 aromatic heterocycles. The third-order valence-electron chi connectivity index (χ3n) is 6.02. The zero-order valence-electron chi connectivity index (χ0n) is 18.5. The molecule has 0 atom stereocenters. The smallest absolute Gasteiger partial charge is 0.291 e. The molecule has 1 aliphatic rings. The summed E-state index contributed by atoms with van der Waals surface area (Å²) in [7, 11) is 0. The fourth-order valence-electron chi connectivity index (χ4n) is 4.19. The summed E-state index contributed by atoms with van der Waals surface area (Å²) in [4.78, 5) is 29.8. The fourth-order valence-corrected chi connectivity index (χ4v) is 4.37. The van der Waals surface area contributed by atoms with E-state index in [0.29, 0.717) is 21.7 Å². The molecule has 5 rings (SSSR count). The van der Waals surface area contributed by atoms with E-state index in [0.717, 1.165) is 38.4 Å². The molecular weight excluding hydrogens is 450 g/mol. The lowest BCUT2D eigenvalue weighted by Gasteiger charge is -2.36. The number of rotatable bonds is 5. The molecule has 0 radical (unpaired) electrons. The van der Waals surface area contributed by atoms with E-state index < -0.39 is 5.91 Å². The molecule has 1 aliphatic heterocycles. The minimum absolute atomic E-state index is 0.0431. The van der Waals surface area contributed by atoms with Gasteiger partial charge in [-0.1, -0.05) is 41.9 Å². The van der Waals surface area contributed by atoms with Crippen molar-refractivity contribution in [3.8, 4) is 0 Å². The van der Waals surface area contributed by atoms with Gasteiger partial charge in [-0.05, 0) is 48.0 Å². The summed E-state index contributed by atoms with van der Waals surface area (Å²) in [6.07, 6.45) is 0. The van der Waals surface area contributed by atoms with Crippen LogP contribution in [-0.4, -0.2) is 37.0 Å². The maximum absolute atomic E-state index is 12.7. The molecule has 1 fully saturated rings. The topological polar surface area (TPSA) is 65.8 Å². The van der Waals surface area contributed by atoms with Gasteiger partial charge in [0, 0.05) is 55.2 Å². The highest BCUT2D eigenvalue weighted by Crippen LogP contribution is 2.22. The van der Waals surface area contributed by atoms with Crippen molar-refractivity contribution in [3.63, 3.8) is 0 Å². The first kappa shape index (κ1) is 22.2. The Morgan fingerprint density at radius 2 is 1.65 bits per heavy atom. The number of nitrogens with one attached hydrogen (secondary N) is 1. The monoisotopic (exact) mass is 473 g/mol. The van der Waals surface area contributed by atoms with Crippen LogP contribution in [0.2, 0.25) is 5.02 Å². The molecule has 34 heavy (non-hydrogen) atoms. The summed E-state index contributed by atoms with van der Waals surface area (Å²) in [5.74, 6) is -0.519. The van der Waals surface area contributed by atoms with Crippen LogP contribution in [0.25, 0.3) is 11.0 Å². The third-order valence-corrected chi connectivity index (χ3v) is 6.26. The minimum atomic E-state index is -0.476. The number of halogens is 1. The van der Waals surface area contributed by atoms with E-state index in [1.54, 1.807) is 12.1 Å². The number of hydrogen-bond donors (Lipinski definition) is 1. The lowest BCUT2D eigenvalue weighted by atomic mass is 10.2. The highest BCUT2D eigenvalue weighted by molar-refractivity contribution is 6.31. The molecule has 0 bridgehead atoms. The van der Waals surface area contributed by atoms with Crippen LogP contribution in [0.4, 0.5) is 11.4 Å². The van der Waals surface area contributed by atoms with Crippen LogP contribution in [0.3, 0.4) is 0 Å². The Labute approximate surface area is 202 Å². The van der Waals surface area contributed by atoms with Crippen molar-refractivity contribution in [2.24, 2.45) is 0 Å². The van der Waals surface area contributed by atoms with Gasteiger partial charge in [0.05, 0.1) is 5.39 Å². The first-order chi connectivity index (χ1) is 16.5. The summed E-state index contributed by atoms with van der Waals surface area (Å²) in [5.41, 5.74) is 3.10. The average Bonchev–Trinajstić information content (AvgIpc) is 2.86. The number of anilines is 2. The quantitative estimate of drug-likeness (QED) is 0.441. The number of nitrogens with zero attached hydrogens (tertiary/aromatic N) is 2. The molecule has 3 aromatic carbocycles. The number of piperazine rings is 1. The number of amides is 1. The van der Waals surface area contributed by atoms with Crippen molar-refractivity contribution < 1.29 is 9.21 Å². The van der Waals surface area contributed by atoms with Gasteiger partial charge < -0.3 is 14.6 Å². The van der Waals surface area contributed by atoms with Crippen LogP contribution in [0.15, 0.2) is 88.1 Å². The van der Waals surface area contributed by atoms with E-state index >= 15 is 0 Å². The van der Waals surface area contributed by atoms with Crippen LogP contribution in [-0.2, 0) is 6.54 Å². The van der Waals surface area contributed by atoms with E-state index in [4.69, 9.17) is 16.0 Å². The van der Waals surface area contributed by atoms with Crippen LogP contribution in [0.1, 0.15) is 16.1 Å². The van der Waals surface area contributed by atoms with Crippen molar-refractivity contribution in [1.82, 2.24) is 4.90 Å². The first-order valence-electron chi connectivity index (χ1n) is 11.2. The lowest BCUT2D eigenvalue weighted by Crippen LogP contribution is -2.45. The molecule has 6 nitrogen and oxygen atoms in total. The molecule has 1 saturated heterocycles. The van der Waals surface area contributed by atoms with Crippen molar-refractivity contribution >= 4 is 39.9 Å². The molecule has 0 saturated carbocycles. The maximum Gasteiger partial charge on any atom is 0.291 e. The van der Waals surface area contributed by atoms with Gasteiger partial charge in [-0.3, -0.25) is 14.5 Å². The number of carbonyl (C=O) groups excluding carboxylic acids is 1. The fraction of sp³-hybridized carbons (Fsp3) is 0.185. The van der Waals surface area contributed by atoms with E-state index in [1.807, 2.05) is 30.3 Å². The van der Waals surface area contributed by atoms with Gasteiger partial charge in [0.2, 0.25) is 0 Å². The summed E-state index contributed by atoms with van der Waals surface area (Å²) >= 11 is 5.94. The molecule has 1 amide bonds. The van der Waals surface area contributed by atoms with E-state index in [1.165, 1.54) is 17.7 Å². The van der Waals surface area contributed by atoms with Crippen molar-refractivity contribution in [1.29, 1.82) is 0 Å². The van der Waals surface area contributed by atoms with E-state index in [2.05, 4.69) is 39.4 Å². The molecule has 172 valence electrons. The second-order valence-corrected chi connectivity index (χ2v) is 8.80. The molecule has 0 aliphatic carbocycles. The largest absolute Gasteiger partial charge is 0.451 e. The lowest BCUT2D eigenvalue weighted by molar-refractivity contribution is 0.0997. The molecule has 0 unspecified atom stereocenters. The predicted octanol–water partition coefficient (Wildman–Crippen LogP) is 5.02. The second kappa shape index (κ2) is 9.71. The van der Waals surface area contributed by atoms with Gasteiger partial charge in [0.1, 0.15) is 5.58 Å². The molecule has 1 N–H and O–H groups in total. The van der Waals surface area contributed by atoms with Crippen molar-refractivity contribution in [2.45, 2.75) is 6.54 Å². The zero-order chi connectivity index (χ0) is 23.5. The molecule has 7 heteroatoms. The van der Waals surface area contributed by atoms with Gasteiger partial charge in [0.25, 0.3) is 5.91 Å². The SMILES string of the molecule is O=C(Nc1ccc(N2CCN(Cc3ccccc3)CC2)cc1)c1cc(=O)c2cc(Cl)ccc2o1. The minimum Gasteiger partial charge on any atom is -0.451 e. The Morgan fingerprint density at radius 3 is 2.38 bits per heavy atom. The average molecular weight is 474 g/mol. The number of fused-ring (bicyclic) bond motifs is 1. The van der Waals surface area contributed by atoms with Gasteiger partial charge in [-0.2, -0.15) is 0 Å². The van der Waals surface area contributed by atoms with Crippen LogP contribution in [0, 0.1) is 0 Å².